The number of hydrogen-bond acceptors (Lipinski definition) is 4. The van der Waals surface area contributed by atoms with Crippen LogP contribution in [-0.4, -0.2) is 28.3 Å². The van der Waals surface area contributed by atoms with Crippen molar-refractivity contribution in [2.45, 2.75) is 53.4 Å². The number of rotatable bonds is 8. The van der Waals surface area contributed by atoms with Crippen LogP contribution in [0.1, 0.15) is 53.4 Å². The zero-order valence-electron chi connectivity index (χ0n) is 13.8. The summed E-state index contributed by atoms with van der Waals surface area (Å²) in [5, 5.41) is 19.3. The van der Waals surface area contributed by atoms with E-state index in [9.17, 15) is 5.11 Å². The smallest absolute Gasteiger partial charge is 0.852 e. The summed E-state index contributed by atoms with van der Waals surface area (Å²) in [5.41, 5.74) is 4.29. The molecule has 0 saturated carbocycles. The maximum atomic E-state index is 11.2. The van der Waals surface area contributed by atoms with E-state index in [0.717, 1.165) is 25.9 Å². The van der Waals surface area contributed by atoms with Gasteiger partial charge in [0.15, 0.2) is 0 Å². The van der Waals surface area contributed by atoms with E-state index in [1.807, 2.05) is 4.90 Å². The largest absolute Gasteiger partial charge is 2.00 e. The molecule has 7 heteroatoms. The van der Waals surface area contributed by atoms with Gasteiger partial charge in [-0.1, -0.05) is 52.1 Å². The van der Waals surface area contributed by atoms with Crippen molar-refractivity contribution in [1.82, 2.24) is 4.90 Å². The number of nitrogens with two attached hydrogens (primary N) is 1. The zero-order chi connectivity index (χ0) is 16.1. The van der Waals surface area contributed by atoms with E-state index in [2.05, 4.69) is 45.6 Å². The molecule has 0 radical (unpaired) electrons. The van der Waals surface area contributed by atoms with E-state index in [4.69, 9.17) is 17.3 Å². The summed E-state index contributed by atoms with van der Waals surface area (Å²) in [6.45, 7) is 10.5. The molecule has 0 bridgehead atoms. The Balaban J connectivity index is -0.000000572. The van der Waals surface area contributed by atoms with Crippen molar-refractivity contribution in [3.8, 4) is 0 Å². The molecule has 0 aromatic heterocycles. The molecule has 0 atom stereocenters. The van der Waals surface area contributed by atoms with Gasteiger partial charge in [0, 0.05) is 23.4 Å². The zero-order valence-corrected chi connectivity index (χ0v) is 18.4. The molecule has 0 aliphatic rings. The van der Waals surface area contributed by atoms with E-state index in [0.29, 0.717) is 11.8 Å². The minimum absolute atomic E-state index is 0. The molecule has 0 aromatic rings. The number of hydrogen-bond donors (Lipinski definition) is 1. The molecule has 0 aliphatic heterocycles. The molecule has 4 nitrogen and oxygen atoms in total. The predicted octanol–water partition coefficient (Wildman–Crippen LogP) is 1.39. The van der Waals surface area contributed by atoms with Gasteiger partial charge in [0.2, 0.25) is 0 Å². The minimum atomic E-state index is -0.750. The maximum Gasteiger partial charge on any atom is 2.00 e. The van der Waals surface area contributed by atoms with Crippen molar-refractivity contribution >= 4 is 34.8 Å². The fourth-order valence-electron chi connectivity index (χ4n) is 1.68. The van der Waals surface area contributed by atoms with Gasteiger partial charge in [0.1, 0.15) is 0 Å². The van der Waals surface area contributed by atoms with Crippen LogP contribution in [0.25, 0.3) is 0 Å². The summed E-state index contributed by atoms with van der Waals surface area (Å²) < 4.78 is 0. The topological polar surface area (TPSA) is 75.4 Å². The van der Waals surface area contributed by atoms with E-state index in [1.54, 1.807) is 0 Å². The molecule has 0 spiro atoms. The molecule has 0 aromatic carbocycles. The van der Waals surface area contributed by atoms with Crippen molar-refractivity contribution in [2.24, 2.45) is 17.6 Å². The molecule has 0 fully saturated rings. The fourth-order valence-corrected chi connectivity index (χ4v) is 1.86. The van der Waals surface area contributed by atoms with Gasteiger partial charge in [0.05, 0.1) is 0 Å². The minimum Gasteiger partial charge on any atom is -0.852 e. The summed E-state index contributed by atoms with van der Waals surface area (Å²) in [5.74, 6) is 1.41. The third-order valence-electron chi connectivity index (χ3n) is 2.68. The first kappa shape index (κ1) is 25.9. The van der Waals surface area contributed by atoms with Crippen LogP contribution in [-0.2, 0) is 19.5 Å². The molecule has 0 saturated heterocycles. The normalized spacial score (nSPS) is 9.62. The predicted molar refractivity (Wildman–Crippen MR) is 89.1 cm³/mol. The Bertz CT molecular complexity index is 260. The molecule has 0 amide bonds. The van der Waals surface area contributed by atoms with E-state index in [-0.39, 0.29) is 24.7 Å². The Morgan fingerprint density at radius 1 is 0.952 bits per heavy atom. The fraction of sp³-hybridized carbons (Fsp3) is 0.857. The molecule has 2 N–H and O–H groups in total. The first-order valence-corrected chi connectivity index (χ1v) is 7.90. The van der Waals surface area contributed by atoms with Gasteiger partial charge in [-0.15, -0.1) is 0 Å². The number of thiocarbonyl (C=S) groups is 2. The molecule has 0 rings (SSSR count). The van der Waals surface area contributed by atoms with Gasteiger partial charge >= 0.3 is 19.5 Å². The van der Waals surface area contributed by atoms with Crippen LogP contribution < -0.4 is 15.9 Å². The van der Waals surface area contributed by atoms with Crippen LogP contribution >= 0.6 is 24.4 Å². The van der Waals surface area contributed by atoms with E-state index < -0.39 is 5.17 Å². The molecule has 120 valence electrons. The van der Waals surface area contributed by atoms with Crippen molar-refractivity contribution in [1.29, 1.82) is 0 Å². The van der Waals surface area contributed by atoms with Gasteiger partial charge in [-0.3, -0.25) is 0 Å². The van der Waals surface area contributed by atoms with Crippen LogP contribution in [0.3, 0.4) is 0 Å². The van der Waals surface area contributed by atoms with Gasteiger partial charge < -0.3 is 20.8 Å². The standard InChI is InChI=1S/C13H27NOS.CH3NOS.Zn/c1-11(2)7-5-9-14(13(15)16)10-6-8-12(3)4;2-1(3)4;/h11-12H,5-10H2,1-4H3,(H,15,16);(H3,2,3,4);/q;;+2/p-2. The van der Waals surface area contributed by atoms with Crippen LogP contribution in [0.2, 0.25) is 0 Å². The first-order valence-electron chi connectivity index (χ1n) is 7.09. The van der Waals surface area contributed by atoms with Gasteiger partial charge in [-0.2, -0.15) is 0 Å². The second-order valence-corrected chi connectivity index (χ2v) is 6.40. The van der Waals surface area contributed by atoms with Crippen LogP contribution in [0.5, 0.6) is 0 Å². The summed E-state index contributed by atoms with van der Waals surface area (Å²) in [4.78, 5) is 1.82. The van der Waals surface area contributed by atoms with Crippen molar-refractivity contribution in [2.75, 3.05) is 13.1 Å². The SMILES string of the molecule is CC(C)CCCN(CCCC(C)C)C([O-])=S.NC([O-])=S.[Zn+2]. The van der Waals surface area contributed by atoms with Crippen molar-refractivity contribution < 1.29 is 29.7 Å². The third kappa shape index (κ3) is 25.3. The second kappa shape index (κ2) is 16.4. The first-order chi connectivity index (χ1) is 9.16. The van der Waals surface area contributed by atoms with E-state index >= 15 is 0 Å². The number of nitrogens with zero attached hydrogens (tertiary/aromatic N) is 1. The molecule has 0 aliphatic carbocycles. The van der Waals surface area contributed by atoms with Gasteiger partial charge in [-0.05, 0) is 37.5 Å². The van der Waals surface area contributed by atoms with E-state index in [1.165, 1.54) is 12.8 Å². The average molecular weight is 386 g/mol. The average Bonchev–Trinajstić information content (AvgIpc) is 2.24. The van der Waals surface area contributed by atoms with Gasteiger partial charge in [-0.25, -0.2) is 0 Å². The third-order valence-corrected chi connectivity index (χ3v) is 2.94. The molecule has 0 unspecified atom stereocenters. The Morgan fingerprint density at radius 2 is 1.24 bits per heavy atom. The van der Waals surface area contributed by atoms with Crippen molar-refractivity contribution in [3.05, 3.63) is 0 Å². The Kier molecular flexibility index (Phi) is 20.2. The van der Waals surface area contributed by atoms with Crippen LogP contribution in [0.15, 0.2) is 0 Å². The Hall–Kier alpha value is 0.00338. The Labute approximate surface area is 153 Å². The second-order valence-electron chi connectivity index (χ2n) is 5.64. The molecule has 21 heavy (non-hydrogen) atoms. The summed E-state index contributed by atoms with van der Waals surface area (Å²) in [6.07, 6.45) is 4.48. The Morgan fingerprint density at radius 3 is 1.43 bits per heavy atom. The molecule has 0 heterocycles. The quantitative estimate of drug-likeness (QED) is 0.502. The summed E-state index contributed by atoms with van der Waals surface area (Å²) >= 11 is 8.50. The van der Waals surface area contributed by atoms with Crippen molar-refractivity contribution in [3.63, 3.8) is 0 Å². The molecular formula is C14H28N2O2S2Zn. The molecular weight excluding hydrogens is 358 g/mol. The van der Waals surface area contributed by atoms with Gasteiger partial charge in [0.25, 0.3) is 0 Å². The van der Waals surface area contributed by atoms with Crippen LogP contribution in [0, 0.1) is 11.8 Å². The monoisotopic (exact) mass is 384 g/mol. The summed E-state index contributed by atoms with van der Waals surface area (Å²) in [6, 6.07) is 0. The maximum absolute atomic E-state index is 11.2. The van der Waals surface area contributed by atoms with Crippen LogP contribution in [0.4, 0.5) is 0 Å². The summed E-state index contributed by atoms with van der Waals surface area (Å²) in [7, 11) is 0.